The Morgan fingerprint density at radius 2 is 2.19 bits per heavy atom. The molecular weight excluding hydrogens is 272 g/mol. The molecule has 0 aliphatic heterocycles. The zero-order valence-electron chi connectivity index (χ0n) is 12.8. The number of allylic oxidation sites excluding steroid dienone is 2. The van der Waals surface area contributed by atoms with Crippen LogP contribution in [0.2, 0.25) is 0 Å². The second kappa shape index (κ2) is 7.26. The number of aliphatic carboxylic acids is 1. The van der Waals surface area contributed by atoms with E-state index < -0.39 is 23.7 Å². The predicted octanol–water partition coefficient (Wildman–Crippen LogP) is 1.82. The monoisotopic (exact) mass is 296 g/mol. The lowest BCUT2D eigenvalue weighted by Crippen LogP contribution is -2.35. The standard InChI is InChI=1S/C15H24N2O4/c1-15(2,3)21-14(20)17-9-11-6-4-10(5-7-11)8-12(16)13(18)19/h4-6,11-12H,7-9,16H2,1-3H3,(H,17,20)(H,18,19)/t11?,12-/m1/s1. The number of hydrogen-bond donors (Lipinski definition) is 3. The Morgan fingerprint density at radius 1 is 1.52 bits per heavy atom. The number of carboxylic acid groups (broad SMARTS) is 1. The van der Waals surface area contributed by atoms with Gasteiger partial charge in [-0.3, -0.25) is 4.79 Å². The fourth-order valence-corrected chi connectivity index (χ4v) is 1.88. The van der Waals surface area contributed by atoms with Crippen molar-refractivity contribution in [2.24, 2.45) is 11.7 Å². The highest BCUT2D eigenvalue weighted by atomic mass is 16.6. The SMILES string of the molecule is CC(C)(C)OC(=O)NCC1C=CC(C[C@@H](N)C(=O)O)=CC1. The summed E-state index contributed by atoms with van der Waals surface area (Å²) in [4.78, 5) is 22.2. The van der Waals surface area contributed by atoms with Crippen molar-refractivity contribution in [3.8, 4) is 0 Å². The maximum Gasteiger partial charge on any atom is 0.407 e. The Balaban J connectivity index is 2.34. The van der Waals surface area contributed by atoms with E-state index in [0.29, 0.717) is 13.0 Å². The van der Waals surface area contributed by atoms with Gasteiger partial charge in [-0.25, -0.2) is 4.79 Å². The van der Waals surface area contributed by atoms with Crippen LogP contribution in [0, 0.1) is 5.92 Å². The lowest BCUT2D eigenvalue weighted by molar-refractivity contribution is -0.138. The van der Waals surface area contributed by atoms with Crippen molar-refractivity contribution in [2.75, 3.05) is 6.54 Å². The van der Waals surface area contributed by atoms with Crippen molar-refractivity contribution >= 4 is 12.1 Å². The number of amides is 1. The Hall–Kier alpha value is -1.82. The molecule has 0 heterocycles. The summed E-state index contributed by atoms with van der Waals surface area (Å²) in [5.41, 5.74) is 5.90. The van der Waals surface area contributed by atoms with Crippen LogP contribution in [0.3, 0.4) is 0 Å². The first kappa shape index (κ1) is 17.2. The topological polar surface area (TPSA) is 102 Å². The summed E-state index contributed by atoms with van der Waals surface area (Å²) in [6, 6.07) is -0.877. The molecule has 0 aromatic carbocycles. The molecule has 0 bridgehead atoms. The molecule has 1 aliphatic rings. The largest absolute Gasteiger partial charge is 0.480 e. The average molecular weight is 296 g/mol. The lowest BCUT2D eigenvalue weighted by Gasteiger charge is -2.22. The van der Waals surface area contributed by atoms with Crippen molar-refractivity contribution < 1.29 is 19.4 Å². The zero-order valence-corrected chi connectivity index (χ0v) is 12.8. The molecule has 6 heteroatoms. The summed E-state index contributed by atoms with van der Waals surface area (Å²) in [5, 5.41) is 11.5. The Labute approximate surface area is 125 Å². The van der Waals surface area contributed by atoms with Crippen LogP contribution in [0.15, 0.2) is 23.8 Å². The number of hydrogen-bond acceptors (Lipinski definition) is 4. The molecule has 0 spiro atoms. The van der Waals surface area contributed by atoms with Crippen LogP contribution < -0.4 is 11.1 Å². The Bertz CT molecular complexity index is 449. The number of nitrogens with two attached hydrogens (primary N) is 1. The number of carboxylic acids is 1. The molecule has 0 aromatic heterocycles. The molecule has 6 nitrogen and oxygen atoms in total. The van der Waals surface area contributed by atoms with Gasteiger partial charge in [0.1, 0.15) is 11.6 Å². The number of carbonyl (C=O) groups is 2. The molecule has 1 amide bonds. The van der Waals surface area contributed by atoms with E-state index in [-0.39, 0.29) is 5.92 Å². The van der Waals surface area contributed by atoms with Crippen LogP contribution in [0.1, 0.15) is 33.6 Å². The van der Waals surface area contributed by atoms with Crippen molar-refractivity contribution in [1.29, 1.82) is 0 Å². The molecule has 0 saturated heterocycles. The van der Waals surface area contributed by atoms with Gasteiger partial charge < -0.3 is 20.9 Å². The third-order valence-corrected chi connectivity index (χ3v) is 2.95. The molecule has 4 N–H and O–H groups in total. The second-order valence-electron chi connectivity index (χ2n) is 6.17. The van der Waals surface area contributed by atoms with Gasteiger partial charge in [0.2, 0.25) is 0 Å². The molecule has 21 heavy (non-hydrogen) atoms. The Morgan fingerprint density at radius 3 is 2.67 bits per heavy atom. The van der Waals surface area contributed by atoms with E-state index in [0.717, 1.165) is 12.0 Å². The zero-order chi connectivity index (χ0) is 16.0. The highest BCUT2D eigenvalue weighted by molar-refractivity contribution is 5.73. The molecule has 0 saturated carbocycles. The molecule has 0 aromatic rings. The molecular formula is C15H24N2O4. The smallest absolute Gasteiger partial charge is 0.407 e. The lowest BCUT2D eigenvalue weighted by atomic mass is 9.93. The van der Waals surface area contributed by atoms with Crippen molar-refractivity contribution in [3.05, 3.63) is 23.8 Å². The third kappa shape index (κ3) is 6.94. The van der Waals surface area contributed by atoms with Gasteiger partial charge in [0.05, 0.1) is 0 Å². The minimum Gasteiger partial charge on any atom is -0.480 e. The number of rotatable bonds is 5. The van der Waals surface area contributed by atoms with Gasteiger partial charge in [-0.15, -0.1) is 0 Å². The normalized spacial score (nSPS) is 19.6. The van der Waals surface area contributed by atoms with E-state index in [9.17, 15) is 9.59 Å². The highest BCUT2D eigenvalue weighted by Gasteiger charge is 2.18. The van der Waals surface area contributed by atoms with E-state index in [1.165, 1.54) is 0 Å². The third-order valence-electron chi connectivity index (χ3n) is 2.95. The fourth-order valence-electron chi connectivity index (χ4n) is 1.88. The van der Waals surface area contributed by atoms with E-state index in [4.69, 9.17) is 15.6 Å². The molecule has 1 rings (SSSR count). The van der Waals surface area contributed by atoms with Crippen molar-refractivity contribution in [1.82, 2.24) is 5.32 Å². The predicted molar refractivity (Wildman–Crippen MR) is 79.8 cm³/mol. The number of alkyl carbamates (subject to hydrolysis) is 1. The van der Waals surface area contributed by atoms with Gasteiger partial charge >= 0.3 is 12.1 Å². The fraction of sp³-hybridized carbons (Fsp3) is 0.600. The average Bonchev–Trinajstić information content (AvgIpc) is 2.35. The number of carbonyl (C=O) groups excluding carboxylic acids is 1. The molecule has 0 radical (unpaired) electrons. The van der Waals surface area contributed by atoms with E-state index in [1.54, 1.807) is 0 Å². The number of nitrogens with one attached hydrogen (secondary N) is 1. The molecule has 118 valence electrons. The van der Waals surface area contributed by atoms with Crippen LogP contribution in [-0.4, -0.2) is 35.4 Å². The summed E-state index contributed by atoms with van der Waals surface area (Å²) in [6.07, 6.45) is 6.42. The summed E-state index contributed by atoms with van der Waals surface area (Å²) in [5.74, 6) is -0.819. The maximum absolute atomic E-state index is 11.5. The van der Waals surface area contributed by atoms with Gasteiger partial charge in [-0.05, 0) is 39.5 Å². The van der Waals surface area contributed by atoms with Crippen molar-refractivity contribution in [3.63, 3.8) is 0 Å². The molecule has 0 fully saturated rings. The molecule has 1 unspecified atom stereocenters. The summed E-state index contributed by atoms with van der Waals surface area (Å²) in [6.45, 7) is 5.93. The van der Waals surface area contributed by atoms with Crippen LogP contribution in [0.4, 0.5) is 4.79 Å². The first-order valence-electron chi connectivity index (χ1n) is 7.00. The molecule has 2 atom stereocenters. The van der Waals surface area contributed by atoms with Crippen molar-refractivity contribution in [2.45, 2.75) is 45.3 Å². The van der Waals surface area contributed by atoms with Gasteiger partial charge in [-0.2, -0.15) is 0 Å². The van der Waals surface area contributed by atoms with Crippen LogP contribution in [-0.2, 0) is 9.53 Å². The summed E-state index contributed by atoms with van der Waals surface area (Å²) < 4.78 is 5.16. The van der Waals surface area contributed by atoms with E-state index >= 15 is 0 Å². The van der Waals surface area contributed by atoms with Gasteiger partial charge in [0.15, 0.2) is 0 Å². The van der Waals surface area contributed by atoms with Gasteiger partial charge in [0.25, 0.3) is 0 Å². The molecule has 1 aliphatic carbocycles. The minimum absolute atomic E-state index is 0.183. The maximum atomic E-state index is 11.5. The van der Waals surface area contributed by atoms with E-state index in [1.807, 2.05) is 39.0 Å². The van der Waals surface area contributed by atoms with Gasteiger partial charge in [0, 0.05) is 6.54 Å². The van der Waals surface area contributed by atoms with Crippen LogP contribution in [0.25, 0.3) is 0 Å². The highest BCUT2D eigenvalue weighted by Crippen LogP contribution is 2.19. The minimum atomic E-state index is -1.00. The summed E-state index contributed by atoms with van der Waals surface area (Å²) in [7, 11) is 0. The second-order valence-corrected chi connectivity index (χ2v) is 6.17. The Kier molecular flexibility index (Phi) is 5.96. The van der Waals surface area contributed by atoms with Gasteiger partial charge in [-0.1, -0.05) is 23.8 Å². The first-order chi connectivity index (χ1) is 9.67. The number of ether oxygens (including phenoxy) is 1. The van der Waals surface area contributed by atoms with Crippen LogP contribution >= 0.6 is 0 Å². The summed E-state index contributed by atoms with van der Waals surface area (Å²) >= 11 is 0. The first-order valence-corrected chi connectivity index (χ1v) is 7.00. The van der Waals surface area contributed by atoms with E-state index in [2.05, 4.69) is 5.32 Å². The van der Waals surface area contributed by atoms with Crippen LogP contribution in [0.5, 0.6) is 0 Å². The quantitative estimate of drug-likeness (QED) is 0.718.